The summed E-state index contributed by atoms with van der Waals surface area (Å²) in [5, 5.41) is 0.380. The topological polar surface area (TPSA) is 30.0 Å². The smallest absolute Gasteiger partial charge is 0.164 e. The molecular weight excluding hydrogens is 150 g/mol. The van der Waals surface area contributed by atoms with Crippen molar-refractivity contribution < 1.29 is 4.79 Å². The van der Waals surface area contributed by atoms with Crippen LogP contribution < -0.4 is 0 Å². The molecule has 0 unspecified atom stereocenters. The Morgan fingerprint density at radius 1 is 1.60 bits per heavy atom. The first-order valence-corrected chi connectivity index (χ1v) is 3.06. The Morgan fingerprint density at radius 3 is 2.70 bits per heavy atom. The first-order valence-electron chi connectivity index (χ1n) is 2.68. The molecule has 10 heavy (non-hydrogen) atoms. The highest BCUT2D eigenvalue weighted by atomic mass is 35.5. The summed E-state index contributed by atoms with van der Waals surface area (Å²) in [4.78, 5) is 14.3. The molecule has 1 aromatic rings. The molecule has 1 rings (SSSR count). The van der Waals surface area contributed by atoms with E-state index in [1.807, 2.05) is 0 Å². The number of Topliss-reactive ketones (excluding diaryl/α,β-unsaturated/α-hetero) is 1. The number of nitrogens with zero attached hydrogens (tertiary/aromatic N) is 1. The van der Waals surface area contributed by atoms with Crippen molar-refractivity contribution in [3.8, 4) is 0 Å². The number of ketones is 1. The summed E-state index contributed by atoms with van der Waals surface area (Å²) in [6, 6.07) is 3.14. The molecule has 0 N–H and O–H groups in total. The van der Waals surface area contributed by atoms with Crippen molar-refractivity contribution in [2.75, 3.05) is 0 Å². The molecule has 0 saturated heterocycles. The highest BCUT2D eigenvalue weighted by Crippen LogP contribution is 2.04. The second-order valence-electron chi connectivity index (χ2n) is 1.79. The maximum absolute atomic E-state index is 10.6. The Balaban J connectivity index is 3.00. The van der Waals surface area contributed by atoms with Crippen LogP contribution in [0.3, 0.4) is 0 Å². The second kappa shape index (κ2) is 2.80. The Bertz CT molecular complexity index is 242. The van der Waals surface area contributed by atoms with Crippen molar-refractivity contribution in [2.45, 2.75) is 0 Å². The molecular formula is C7H5ClNO. The van der Waals surface area contributed by atoms with Crippen molar-refractivity contribution in [3.63, 3.8) is 0 Å². The lowest BCUT2D eigenvalue weighted by Crippen LogP contribution is -1.91. The normalized spacial score (nSPS) is 9.40. The van der Waals surface area contributed by atoms with Crippen molar-refractivity contribution in [1.29, 1.82) is 0 Å². The molecule has 0 saturated carbocycles. The van der Waals surface area contributed by atoms with Gasteiger partial charge in [-0.05, 0) is 12.1 Å². The number of hydrogen-bond acceptors (Lipinski definition) is 2. The van der Waals surface area contributed by atoms with E-state index in [0.717, 1.165) is 0 Å². The van der Waals surface area contributed by atoms with Gasteiger partial charge in [-0.2, -0.15) is 0 Å². The van der Waals surface area contributed by atoms with Crippen molar-refractivity contribution in [3.05, 3.63) is 36.0 Å². The van der Waals surface area contributed by atoms with E-state index in [0.29, 0.717) is 10.7 Å². The summed E-state index contributed by atoms with van der Waals surface area (Å²) in [5.41, 5.74) is 0.476. The number of hydrogen-bond donors (Lipinski definition) is 0. The summed E-state index contributed by atoms with van der Waals surface area (Å²) in [7, 11) is 0. The van der Waals surface area contributed by atoms with Gasteiger partial charge < -0.3 is 0 Å². The van der Waals surface area contributed by atoms with Crippen LogP contribution in [-0.2, 0) is 0 Å². The van der Waals surface area contributed by atoms with Gasteiger partial charge in [0.05, 0.1) is 0 Å². The molecule has 0 aliphatic rings. The predicted molar refractivity (Wildman–Crippen MR) is 38.9 cm³/mol. The minimum atomic E-state index is -0.246. The quantitative estimate of drug-likeness (QED) is 0.456. The first kappa shape index (κ1) is 7.22. The summed E-state index contributed by atoms with van der Waals surface area (Å²) < 4.78 is 0. The fraction of sp³-hybridized carbons (Fsp3) is 0. The molecule has 51 valence electrons. The van der Waals surface area contributed by atoms with E-state index in [9.17, 15) is 4.79 Å². The average Bonchev–Trinajstić information content (AvgIpc) is 1.88. The van der Waals surface area contributed by atoms with Crippen LogP contribution in [0.1, 0.15) is 10.4 Å². The highest BCUT2D eigenvalue weighted by Gasteiger charge is 1.97. The molecule has 0 aliphatic heterocycles. The molecule has 0 aliphatic carbocycles. The third-order valence-corrected chi connectivity index (χ3v) is 1.27. The van der Waals surface area contributed by atoms with E-state index in [1.165, 1.54) is 6.20 Å². The fourth-order valence-corrected chi connectivity index (χ4v) is 0.653. The van der Waals surface area contributed by atoms with Crippen LogP contribution in [0.25, 0.3) is 0 Å². The average molecular weight is 155 g/mol. The van der Waals surface area contributed by atoms with Crippen LogP contribution in [-0.4, -0.2) is 10.8 Å². The van der Waals surface area contributed by atoms with Gasteiger partial charge in [0.25, 0.3) is 0 Å². The fourth-order valence-electron chi connectivity index (χ4n) is 0.541. The molecule has 3 heteroatoms. The maximum Gasteiger partial charge on any atom is 0.164 e. The van der Waals surface area contributed by atoms with Crippen LogP contribution in [0.4, 0.5) is 0 Å². The van der Waals surface area contributed by atoms with E-state index in [1.54, 1.807) is 12.1 Å². The van der Waals surface area contributed by atoms with Crippen molar-refractivity contribution in [2.24, 2.45) is 0 Å². The van der Waals surface area contributed by atoms with E-state index in [4.69, 9.17) is 11.6 Å². The Morgan fingerprint density at radius 2 is 2.30 bits per heavy atom. The zero-order valence-electron chi connectivity index (χ0n) is 5.17. The van der Waals surface area contributed by atoms with Gasteiger partial charge in [-0.3, -0.25) is 4.79 Å². The standard InChI is InChI=1S/C7H5ClNO/c1-5(10)6-2-3-7(8)9-4-6/h2-4H,1H2. The van der Waals surface area contributed by atoms with Gasteiger partial charge in [0, 0.05) is 18.7 Å². The van der Waals surface area contributed by atoms with Crippen molar-refractivity contribution in [1.82, 2.24) is 4.98 Å². The number of halogens is 1. The zero-order chi connectivity index (χ0) is 7.56. The Kier molecular flexibility index (Phi) is 2.02. The number of carbonyl (C=O) groups excluding carboxylic acids is 1. The van der Waals surface area contributed by atoms with Gasteiger partial charge in [0.1, 0.15) is 5.15 Å². The minimum Gasteiger partial charge on any atom is -0.294 e. The number of aromatic nitrogens is 1. The highest BCUT2D eigenvalue weighted by molar-refractivity contribution is 6.29. The van der Waals surface area contributed by atoms with Gasteiger partial charge in [-0.1, -0.05) is 11.6 Å². The number of rotatable bonds is 1. The monoisotopic (exact) mass is 154 g/mol. The van der Waals surface area contributed by atoms with E-state index in [-0.39, 0.29) is 5.78 Å². The molecule has 1 radical (unpaired) electrons. The van der Waals surface area contributed by atoms with Gasteiger partial charge in [0.15, 0.2) is 5.78 Å². The molecule has 0 spiro atoms. The molecule has 2 nitrogen and oxygen atoms in total. The molecule has 1 heterocycles. The SMILES string of the molecule is [CH2]C(=O)c1ccc(Cl)nc1. The van der Waals surface area contributed by atoms with Crippen LogP contribution in [0.15, 0.2) is 18.3 Å². The van der Waals surface area contributed by atoms with Gasteiger partial charge in [-0.25, -0.2) is 4.98 Å². The molecule has 0 amide bonds. The summed E-state index contributed by atoms with van der Waals surface area (Å²) in [6.45, 7) is 3.22. The third kappa shape index (κ3) is 1.54. The summed E-state index contributed by atoms with van der Waals surface area (Å²) in [6.07, 6.45) is 1.40. The van der Waals surface area contributed by atoms with Crippen LogP contribution in [0, 0.1) is 6.92 Å². The number of pyridine rings is 1. The lowest BCUT2D eigenvalue weighted by Gasteiger charge is -1.91. The third-order valence-electron chi connectivity index (χ3n) is 1.05. The lowest BCUT2D eigenvalue weighted by molar-refractivity contribution is 0.104. The predicted octanol–water partition coefficient (Wildman–Crippen LogP) is 1.75. The largest absolute Gasteiger partial charge is 0.294 e. The van der Waals surface area contributed by atoms with Crippen LogP contribution >= 0.6 is 11.6 Å². The molecule has 0 bridgehead atoms. The van der Waals surface area contributed by atoms with Crippen LogP contribution in [0.2, 0.25) is 5.15 Å². The molecule has 0 atom stereocenters. The summed E-state index contributed by atoms with van der Waals surface area (Å²) >= 11 is 5.47. The summed E-state index contributed by atoms with van der Waals surface area (Å²) in [5.74, 6) is -0.246. The Labute approximate surface area is 63.8 Å². The first-order chi connectivity index (χ1) is 4.70. The van der Waals surface area contributed by atoms with Gasteiger partial charge in [-0.15, -0.1) is 0 Å². The van der Waals surface area contributed by atoms with E-state index < -0.39 is 0 Å². The van der Waals surface area contributed by atoms with Gasteiger partial charge in [0.2, 0.25) is 0 Å². The molecule has 0 fully saturated rings. The van der Waals surface area contributed by atoms with Crippen LogP contribution in [0.5, 0.6) is 0 Å². The van der Waals surface area contributed by atoms with E-state index >= 15 is 0 Å². The molecule has 1 aromatic heterocycles. The Hall–Kier alpha value is -0.890. The number of carbonyl (C=O) groups is 1. The maximum atomic E-state index is 10.6. The van der Waals surface area contributed by atoms with Crippen molar-refractivity contribution >= 4 is 17.4 Å². The van der Waals surface area contributed by atoms with E-state index in [2.05, 4.69) is 11.9 Å². The lowest BCUT2D eigenvalue weighted by atomic mass is 10.2. The minimum absolute atomic E-state index is 0.246. The zero-order valence-corrected chi connectivity index (χ0v) is 5.93. The second-order valence-corrected chi connectivity index (χ2v) is 2.18. The van der Waals surface area contributed by atoms with Gasteiger partial charge >= 0.3 is 0 Å². The molecule has 0 aromatic carbocycles.